The third-order valence-electron chi connectivity index (χ3n) is 4.10. The molecule has 0 aliphatic carbocycles. The minimum absolute atomic E-state index is 0.269. The molecule has 2 rings (SSSR count). The van der Waals surface area contributed by atoms with Crippen LogP contribution in [0.5, 0.6) is 0 Å². The standard InChI is InChI=1S/C16H24ClFN2/c1-3-8-20-9-4-5-13(11-20)12(2)19-16-7-6-14(17)10-15(16)18/h6-7,10,12-13,19H,3-5,8-9,11H2,1-2H3. The number of benzene rings is 1. The van der Waals surface area contributed by atoms with Gasteiger partial charge in [0.15, 0.2) is 0 Å². The van der Waals surface area contributed by atoms with Crippen LogP contribution in [0, 0.1) is 11.7 Å². The van der Waals surface area contributed by atoms with Crippen LogP contribution in [0.4, 0.5) is 10.1 Å². The van der Waals surface area contributed by atoms with Crippen LogP contribution in [0.3, 0.4) is 0 Å². The van der Waals surface area contributed by atoms with E-state index in [0.29, 0.717) is 16.6 Å². The van der Waals surface area contributed by atoms with Gasteiger partial charge in [-0.2, -0.15) is 0 Å². The smallest absolute Gasteiger partial charge is 0.147 e. The van der Waals surface area contributed by atoms with Gasteiger partial charge in [0.05, 0.1) is 5.69 Å². The average Bonchev–Trinajstić information content (AvgIpc) is 2.42. The second-order valence-electron chi connectivity index (χ2n) is 5.76. The van der Waals surface area contributed by atoms with Crippen molar-refractivity contribution in [3.63, 3.8) is 0 Å². The van der Waals surface area contributed by atoms with Crippen molar-refractivity contribution in [2.75, 3.05) is 25.0 Å². The first-order chi connectivity index (χ1) is 9.60. The zero-order chi connectivity index (χ0) is 14.5. The number of halogens is 2. The van der Waals surface area contributed by atoms with Gasteiger partial charge in [0, 0.05) is 17.6 Å². The molecule has 2 nitrogen and oxygen atoms in total. The van der Waals surface area contributed by atoms with Crippen molar-refractivity contribution in [1.82, 2.24) is 4.90 Å². The molecule has 0 radical (unpaired) electrons. The number of anilines is 1. The highest BCUT2D eigenvalue weighted by atomic mass is 35.5. The van der Waals surface area contributed by atoms with E-state index < -0.39 is 0 Å². The number of piperidine rings is 1. The molecule has 1 aliphatic rings. The minimum atomic E-state index is -0.273. The Kier molecular flexibility index (Phi) is 5.67. The number of nitrogens with zero attached hydrogens (tertiary/aromatic N) is 1. The average molecular weight is 299 g/mol. The maximum atomic E-state index is 13.8. The van der Waals surface area contributed by atoms with E-state index in [0.717, 1.165) is 6.54 Å². The van der Waals surface area contributed by atoms with Crippen molar-refractivity contribution in [2.45, 2.75) is 39.2 Å². The van der Waals surface area contributed by atoms with E-state index in [1.54, 1.807) is 12.1 Å². The summed E-state index contributed by atoms with van der Waals surface area (Å²) in [4.78, 5) is 2.52. The molecule has 2 atom stereocenters. The fraction of sp³-hybridized carbons (Fsp3) is 0.625. The molecule has 0 aromatic heterocycles. The van der Waals surface area contributed by atoms with Gasteiger partial charge < -0.3 is 10.2 Å². The van der Waals surface area contributed by atoms with E-state index >= 15 is 0 Å². The van der Waals surface area contributed by atoms with Gasteiger partial charge in [-0.25, -0.2) is 4.39 Å². The second-order valence-corrected chi connectivity index (χ2v) is 6.20. The summed E-state index contributed by atoms with van der Waals surface area (Å²) in [7, 11) is 0. The Morgan fingerprint density at radius 2 is 2.30 bits per heavy atom. The number of likely N-dealkylation sites (tertiary alicyclic amines) is 1. The summed E-state index contributed by atoms with van der Waals surface area (Å²) in [5, 5.41) is 3.75. The largest absolute Gasteiger partial charge is 0.380 e. The summed E-state index contributed by atoms with van der Waals surface area (Å²) >= 11 is 5.78. The molecule has 4 heteroatoms. The fourth-order valence-corrected chi connectivity index (χ4v) is 3.15. The van der Waals surface area contributed by atoms with Gasteiger partial charge in [-0.1, -0.05) is 18.5 Å². The number of rotatable bonds is 5. The monoisotopic (exact) mass is 298 g/mol. The van der Waals surface area contributed by atoms with E-state index in [4.69, 9.17) is 11.6 Å². The molecular weight excluding hydrogens is 275 g/mol. The number of nitrogens with one attached hydrogen (secondary N) is 1. The molecule has 1 fully saturated rings. The molecule has 1 aromatic rings. The van der Waals surface area contributed by atoms with Crippen molar-refractivity contribution >= 4 is 17.3 Å². The van der Waals surface area contributed by atoms with Gasteiger partial charge in [0.2, 0.25) is 0 Å². The zero-order valence-corrected chi connectivity index (χ0v) is 13.1. The van der Waals surface area contributed by atoms with Crippen molar-refractivity contribution in [1.29, 1.82) is 0 Å². The summed E-state index contributed by atoms with van der Waals surface area (Å²) in [5.41, 5.74) is 0.550. The molecule has 1 aromatic carbocycles. The summed E-state index contributed by atoms with van der Waals surface area (Å²) in [6, 6.07) is 5.08. The van der Waals surface area contributed by atoms with Crippen molar-refractivity contribution in [3.8, 4) is 0 Å². The van der Waals surface area contributed by atoms with Crippen LogP contribution in [-0.2, 0) is 0 Å². The van der Waals surface area contributed by atoms with Crippen LogP contribution in [0.1, 0.15) is 33.1 Å². The van der Waals surface area contributed by atoms with Crippen LogP contribution >= 0.6 is 11.6 Å². The minimum Gasteiger partial charge on any atom is -0.380 e. The summed E-state index contributed by atoms with van der Waals surface area (Å²) in [5.74, 6) is 0.302. The number of hydrogen-bond donors (Lipinski definition) is 1. The highest BCUT2D eigenvalue weighted by molar-refractivity contribution is 6.30. The predicted molar refractivity (Wildman–Crippen MR) is 83.9 cm³/mol. The highest BCUT2D eigenvalue weighted by Crippen LogP contribution is 2.25. The van der Waals surface area contributed by atoms with Crippen LogP contribution < -0.4 is 5.32 Å². The Balaban J connectivity index is 1.95. The SMILES string of the molecule is CCCN1CCCC(C(C)Nc2ccc(Cl)cc2F)C1. The van der Waals surface area contributed by atoms with Gasteiger partial charge in [0.1, 0.15) is 5.82 Å². The van der Waals surface area contributed by atoms with Crippen molar-refractivity contribution in [2.24, 2.45) is 5.92 Å². The lowest BCUT2D eigenvalue weighted by Crippen LogP contribution is -2.42. The highest BCUT2D eigenvalue weighted by Gasteiger charge is 2.24. The molecule has 1 N–H and O–H groups in total. The topological polar surface area (TPSA) is 15.3 Å². The Morgan fingerprint density at radius 1 is 1.50 bits per heavy atom. The third kappa shape index (κ3) is 4.10. The molecule has 0 bridgehead atoms. The molecule has 0 saturated carbocycles. The lowest BCUT2D eigenvalue weighted by Gasteiger charge is -2.36. The lowest BCUT2D eigenvalue weighted by molar-refractivity contribution is 0.165. The Labute approximate surface area is 126 Å². The Bertz CT molecular complexity index is 436. The van der Waals surface area contributed by atoms with Crippen molar-refractivity contribution < 1.29 is 4.39 Å². The molecule has 1 heterocycles. The fourth-order valence-electron chi connectivity index (χ4n) is 2.99. The summed E-state index contributed by atoms with van der Waals surface area (Å²) in [6.07, 6.45) is 3.64. The zero-order valence-electron chi connectivity index (χ0n) is 12.3. The summed E-state index contributed by atoms with van der Waals surface area (Å²) < 4.78 is 13.8. The second kappa shape index (κ2) is 7.28. The first-order valence-electron chi connectivity index (χ1n) is 7.54. The normalized spacial score (nSPS) is 21.7. The van der Waals surface area contributed by atoms with Gasteiger partial charge >= 0.3 is 0 Å². The van der Waals surface area contributed by atoms with Crippen molar-refractivity contribution in [3.05, 3.63) is 29.0 Å². The molecule has 0 amide bonds. The molecule has 20 heavy (non-hydrogen) atoms. The van der Waals surface area contributed by atoms with Gasteiger partial charge in [-0.05, 0) is 63.4 Å². The van der Waals surface area contributed by atoms with E-state index in [9.17, 15) is 4.39 Å². The first-order valence-corrected chi connectivity index (χ1v) is 7.92. The quantitative estimate of drug-likeness (QED) is 0.866. The first kappa shape index (κ1) is 15.6. The van der Waals surface area contributed by atoms with E-state index in [2.05, 4.69) is 24.1 Å². The van der Waals surface area contributed by atoms with Gasteiger partial charge in [-0.15, -0.1) is 0 Å². The van der Waals surface area contributed by atoms with Crippen LogP contribution in [-0.4, -0.2) is 30.6 Å². The Morgan fingerprint density at radius 3 is 3.00 bits per heavy atom. The van der Waals surface area contributed by atoms with E-state index in [1.165, 1.54) is 38.4 Å². The Hall–Kier alpha value is -0.800. The maximum absolute atomic E-state index is 13.8. The molecule has 1 aliphatic heterocycles. The molecule has 0 spiro atoms. The maximum Gasteiger partial charge on any atom is 0.147 e. The predicted octanol–water partition coefficient (Wildman–Crippen LogP) is 4.40. The van der Waals surface area contributed by atoms with Gasteiger partial charge in [-0.3, -0.25) is 0 Å². The lowest BCUT2D eigenvalue weighted by atomic mass is 9.91. The van der Waals surface area contributed by atoms with E-state index in [1.807, 2.05) is 0 Å². The van der Waals surface area contributed by atoms with Gasteiger partial charge in [0.25, 0.3) is 0 Å². The third-order valence-corrected chi connectivity index (χ3v) is 4.34. The number of hydrogen-bond acceptors (Lipinski definition) is 2. The molecule has 112 valence electrons. The van der Waals surface area contributed by atoms with Crippen LogP contribution in [0.25, 0.3) is 0 Å². The van der Waals surface area contributed by atoms with E-state index in [-0.39, 0.29) is 11.9 Å². The van der Waals surface area contributed by atoms with Crippen LogP contribution in [0.15, 0.2) is 18.2 Å². The molecular formula is C16H24ClFN2. The van der Waals surface area contributed by atoms with Crippen LogP contribution in [0.2, 0.25) is 5.02 Å². The molecule has 2 unspecified atom stereocenters. The summed E-state index contributed by atoms with van der Waals surface area (Å²) in [6.45, 7) is 7.84. The molecule has 1 saturated heterocycles.